The molecule has 1 aliphatic heterocycles. The van der Waals surface area contributed by atoms with Crippen LogP contribution in [-0.4, -0.2) is 46.2 Å². The van der Waals surface area contributed by atoms with Crippen molar-refractivity contribution in [1.29, 1.82) is 0 Å². The average Bonchev–Trinajstić information content (AvgIpc) is 3.15. The molecule has 0 radical (unpaired) electrons. The highest BCUT2D eigenvalue weighted by atomic mass is 16.5. The predicted octanol–water partition coefficient (Wildman–Crippen LogP) is -0.0868. The van der Waals surface area contributed by atoms with E-state index in [4.69, 9.17) is 14.0 Å². The second-order valence-corrected chi connectivity index (χ2v) is 4.89. The van der Waals surface area contributed by atoms with Gasteiger partial charge in [-0.2, -0.15) is 5.10 Å². The van der Waals surface area contributed by atoms with Gasteiger partial charge in [0, 0.05) is 13.1 Å². The number of hydrogen-bond acceptors (Lipinski definition) is 6. The number of amides is 1. The zero-order chi connectivity index (χ0) is 14.7. The lowest BCUT2D eigenvalue weighted by Gasteiger charge is -2.19. The van der Waals surface area contributed by atoms with Crippen molar-refractivity contribution in [2.75, 3.05) is 13.2 Å². The van der Waals surface area contributed by atoms with E-state index in [-0.39, 0.29) is 24.5 Å². The van der Waals surface area contributed by atoms with E-state index < -0.39 is 0 Å². The third kappa shape index (κ3) is 3.40. The van der Waals surface area contributed by atoms with Gasteiger partial charge in [0.05, 0.1) is 43.8 Å². The Morgan fingerprint density at radius 2 is 2.48 bits per heavy atom. The van der Waals surface area contributed by atoms with Crippen molar-refractivity contribution in [3.05, 3.63) is 30.4 Å². The van der Waals surface area contributed by atoms with Crippen molar-refractivity contribution < 1.29 is 18.8 Å². The molecule has 3 heterocycles. The molecule has 2 atom stereocenters. The van der Waals surface area contributed by atoms with Crippen molar-refractivity contribution in [1.82, 2.24) is 20.3 Å². The predicted molar refractivity (Wildman–Crippen MR) is 70.6 cm³/mol. The second kappa shape index (κ2) is 5.96. The summed E-state index contributed by atoms with van der Waals surface area (Å²) >= 11 is 0. The molecule has 0 aromatic carbocycles. The van der Waals surface area contributed by atoms with Crippen molar-refractivity contribution in [2.24, 2.45) is 7.05 Å². The van der Waals surface area contributed by atoms with Crippen LogP contribution >= 0.6 is 0 Å². The molecule has 112 valence electrons. The summed E-state index contributed by atoms with van der Waals surface area (Å²) in [7, 11) is 1.81. The van der Waals surface area contributed by atoms with Crippen LogP contribution in [0.4, 0.5) is 0 Å². The van der Waals surface area contributed by atoms with Crippen LogP contribution in [0.15, 0.2) is 29.2 Å². The Balaban J connectivity index is 1.55. The van der Waals surface area contributed by atoms with Gasteiger partial charge in [0.25, 0.3) is 0 Å². The van der Waals surface area contributed by atoms with Gasteiger partial charge < -0.3 is 19.3 Å². The van der Waals surface area contributed by atoms with E-state index >= 15 is 0 Å². The molecule has 1 aliphatic rings. The minimum absolute atomic E-state index is 0.140. The standard InChI is InChI=1S/C13H16N4O4/c1-17-6-10(5-14-17)21-12-8-19-7-11(12)15-13(18)4-9-2-3-20-16-9/h2-3,5-6,11-12H,4,7-8H2,1H3,(H,15,18)/t11-,12+/m0/s1. The van der Waals surface area contributed by atoms with Gasteiger partial charge in [-0.05, 0) is 0 Å². The molecule has 3 rings (SSSR count). The van der Waals surface area contributed by atoms with E-state index in [1.807, 2.05) is 7.05 Å². The molecule has 0 aliphatic carbocycles. The lowest BCUT2D eigenvalue weighted by molar-refractivity contribution is -0.121. The number of aromatic nitrogens is 3. The van der Waals surface area contributed by atoms with Crippen molar-refractivity contribution in [3.63, 3.8) is 0 Å². The highest BCUT2D eigenvalue weighted by Crippen LogP contribution is 2.16. The fourth-order valence-corrected chi connectivity index (χ4v) is 2.17. The first-order valence-electron chi connectivity index (χ1n) is 6.62. The molecule has 2 aromatic heterocycles. The molecule has 21 heavy (non-hydrogen) atoms. The molecular formula is C13H16N4O4. The molecule has 2 aromatic rings. The maximum atomic E-state index is 11.9. The number of ether oxygens (including phenoxy) is 2. The zero-order valence-electron chi connectivity index (χ0n) is 11.6. The van der Waals surface area contributed by atoms with E-state index in [0.29, 0.717) is 24.7 Å². The Kier molecular flexibility index (Phi) is 3.87. The van der Waals surface area contributed by atoms with Crippen LogP contribution in [-0.2, 0) is 23.0 Å². The molecular weight excluding hydrogens is 276 g/mol. The van der Waals surface area contributed by atoms with Crippen molar-refractivity contribution in [3.8, 4) is 5.75 Å². The minimum atomic E-state index is -0.226. The van der Waals surface area contributed by atoms with Crippen LogP contribution < -0.4 is 10.1 Å². The Bertz CT molecular complexity index is 595. The zero-order valence-corrected chi connectivity index (χ0v) is 11.6. The number of hydrogen-bond donors (Lipinski definition) is 1. The van der Waals surface area contributed by atoms with Crippen LogP contribution in [0.1, 0.15) is 5.69 Å². The van der Waals surface area contributed by atoms with Gasteiger partial charge in [0.2, 0.25) is 5.91 Å². The smallest absolute Gasteiger partial charge is 0.226 e. The summed E-state index contributed by atoms with van der Waals surface area (Å²) < 4.78 is 17.5. The second-order valence-electron chi connectivity index (χ2n) is 4.89. The molecule has 8 nitrogen and oxygen atoms in total. The summed E-state index contributed by atoms with van der Waals surface area (Å²) in [5.41, 5.74) is 0.594. The largest absolute Gasteiger partial charge is 0.482 e. The maximum Gasteiger partial charge on any atom is 0.226 e. The first-order chi connectivity index (χ1) is 10.2. The summed E-state index contributed by atoms with van der Waals surface area (Å²) in [6.45, 7) is 0.860. The molecule has 0 bridgehead atoms. The summed E-state index contributed by atoms with van der Waals surface area (Å²) in [5, 5.41) is 10.6. The van der Waals surface area contributed by atoms with Gasteiger partial charge in [0.15, 0.2) is 5.75 Å². The van der Waals surface area contributed by atoms with Crippen LogP contribution in [0.3, 0.4) is 0 Å². The average molecular weight is 292 g/mol. The number of nitrogens with one attached hydrogen (secondary N) is 1. The van der Waals surface area contributed by atoms with Gasteiger partial charge >= 0.3 is 0 Å². The molecule has 0 spiro atoms. The van der Waals surface area contributed by atoms with Gasteiger partial charge in [0.1, 0.15) is 12.4 Å². The van der Waals surface area contributed by atoms with Crippen LogP contribution in [0.5, 0.6) is 5.75 Å². The van der Waals surface area contributed by atoms with E-state index in [0.717, 1.165) is 0 Å². The molecule has 1 amide bonds. The molecule has 1 fully saturated rings. The Morgan fingerprint density at radius 1 is 1.57 bits per heavy atom. The van der Waals surface area contributed by atoms with Gasteiger partial charge in [-0.25, -0.2) is 0 Å². The summed E-state index contributed by atoms with van der Waals surface area (Å²) in [6, 6.07) is 1.47. The van der Waals surface area contributed by atoms with E-state index in [9.17, 15) is 4.79 Å². The molecule has 0 unspecified atom stereocenters. The highest BCUT2D eigenvalue weighted by molar-refractivity contribution is 5.78. The Labute approximate surface area is 121 Å². The van der Waals surface area contributed by atoms with Crippen molar-refractivity contribution >= 4 is 5.91 Å². The minimum Gasteiger partial charge on any atom is -0.482 e. The molecule has 1 N–H and O–H groups in total. The maximum absolute atomic E-state index is 11.9. The normalized spacial score (nSPS) is 21.4. The summed E-state index contributed by atoms with van der Waals surface area (Å²) in [5.74, 6) is 0.517. The van der Waals surface area contributed by atoms with Gasteiger partial charge in [-0.3, -0.25) is 9.48 Å². The quantitative estimate of drug-likeness (QED) is 0.828. The molecule has 8 heteroatoms. The SMILES string of the molecule is Cn1cc(O[C@@H]2COC[C@@H]2NC(=O)Cc2ccon2)cn1. The monoisotopic (exact) mass is 292 g/mol. The van der Waals surface area contributed by atoms with E-state index in [2.05, 4.69) is 15.6 Å². The number of carbonyl (C=O) groups is 1. The first-order valence-corrected chi connectivity index (χ1v) is 6.62. The van der Waals surface area contributed by atoms with Crippen LogP contribution in [0, 0.1) is 0 Å². The summed E-state index contributed by atoms with van der Waals surface area (Å²) in [4.78, 5) is 11.9. The van der Waals surface area contributed by atoms with Gasteiger partial charge in [-0.15, -0.1) is 0 Å². The number of carbonyl (C=O) groups excluding carboxylic acids is 1. The van der Waals surface area contributed by atoms with Crippen LogP contribution in [0.25, 0.3) is 0 Å². The summed E-state index contributed by atoms with van der Waals surface area (Å²) in [6.07, 6.45) is 4.79. The van der Waals surface area contributed by atoms with Gasteiger partial charge in [-0.1, -0.05) is 5.16 Å². The third-order valence-corrected chi connectivity index (χ3v) is 3.18. The Morgan fingerprint density at radius 3 is 3.19 bits per heavy atom. The number of rotatable bonds is 5. The number of nitrogens with zero attached hydrogens (tertiary/aromatic N) is 3. The lowest BCUT2D eigenvalue weighted by Crippen LogP contribution is -2.45. The highest BCUT2D eigenvalue weighted by Gasteiger charge is 2.31. The molecule has 1 saturated heterocycles. The fourth-order valence-electron chi connectivity index (χ4n) is 2.17. The lowest BCUT2D eigenvalue weighted by atomic mass is 10.2. The molecule has 0 saturated carbocycles. The fraction of sp³-hybridized carbons (Fsp3) is 0.462. The topological polar surface area (TPSA) is 91.4 Å². The van der Waals surface area contributed by atoms with E-state index in [1.54, 1.807) is 23.1 Å². The van der Waals surface area contributed by atoms with Crippen molar-refractivity contribution in [2.45, 2.75) is 18.6 Å². The van der Waals surface area contributed by atoms with E-state index in [1.165, 1.54) is 6.26 Å². The third-order valence-electron chi connectivity index (χ3n) is 3.18. The number of aryl methyl sites for hydroxylation is 1. The van der Waals surface area contributed by atoms with Crippen LogP contribution in [0.2, 0.25) is 0 Å². The Hall–Kier alpha value is -2.35. The first kappa shape index (κ1) is 13.6.